The van der Waals surface area contributed by atoms with Crippen molar-refractivity contribution in [3.05, 3.63) is 23.2 Å². The summed E-state index contributed by atoms with van der Waals surface area (Å²) < 4.78 is 61.6. The van der Waals surface area contributed by atoms with E-state index in [4.69, 9.17) is 17.3 Å². The number of hydrogen-bond acceptors (Lipinski definition) is 3. The molecule has 0 unspecified atom stereocenters. The predicted octanol–water partition coefficient (Wildman–Crippen LogP) is 2.93. The number of hydrogen-bond donors (Lipinski definition) is 2. The van der Waals surface area contributed by atoms with Gasteiger partial charge in [0, 0.05) is 18.7 Å². The lowest BCUT2D eigenvalue weighted by molar-refractivity contribution is -0.135. The number of rotatable bonds is 6. The van der Waals surface area contributed by atoms with Gasteiger partial charge in [-0.1, -0.05) is 11.6 Å². The molecule has 9 heteroatoms. The molecule has 114 valence electrons. The molecule has 0 heterocycles. The number of nitrogens with one attached hydrogen (secondary N) is 1. The molecule has 1 aromatic rings. The highest BCUT2D eigenvalue weighted by molar-refractivity contribution is 7.89. The van der Waals surface area contributed by atoms with Crippen LogP contribution in [0.1, 0.15) is 19.3 Å². The standard InChI is InChI=1S/C11H14ClF3N2O2S/c12-9-7-8(16)3-4-10(9)20(18,19)17-6-2-1-5-11(13,14)15/h3-4,7,17H,1-2,5-6,16H2. The molecule has 0 spiro atoms. The van der Waals surface area contributed by atoms with Crippen LogP contribution in [-0.4, -0.2) is 21.1 Å². The molecule has 1 rings (SSSR count). The van der Waals surface area contributed by atoms with E-state index >= 15 is 0 Å². The van der Waals surface area contributed by atoms with Gasteiger partial charge in [0.05, 0.1) is 5.02 Å². The van der Waals surface area contributed by atoms with Gasteiger partial charge in [0.2, 0.25) is 10.0 Å². The largest absolute Gasteiger partial charge is 0.399 e. The van der Waals surface area contributed by atoms with E-state index in [9.17, 15) is 21.6 Å². The molecule has 4 nitrogen and oxygen atoms in total. The zero-order valence-electron chi connectivity index (χ0n) is 10.4. The van der Waals surface area contributed by atoms with Crippen LogP contribution in [0.15, 0.2) is 23.1 Å². The van der Waals surface area contributed by atoms with Gasteiger partial charge in [-0.2, -0.15) is 13.2 Å². The fourth-order valence-electron chi connectivity index (χ4n) is 1.47. The van der Waals surface area contributed by atoms with E-state index in [-0.39, 0.29) is 29.3 Å². The van der Waals surface area contributed by atoms with Crippen molar-refractivity contribution < 1.29 is 21.6 Å². The molecule has 0 bridgehead atoms. The molecule has 20 heavy (non-hydrogen) atoms. The smallest absolute Gasteiger partial charge is 0.389 e. The van der Waals surface area contributed by atoms with Gasteiger partial charge in [0.25, 0.3) is 0 Å². The third-order valence-electron chi connectivity index (χ3n) is 2.42. The van der Waals surface area contributed by atoms with Crippen LogP contribution >= 0.6 is 11.6 Å². The molecule has 0 amide bonds. The Labute approximate surface area is 120 Å². The minimum atomic E-state index is -4.22. The quantitative estimate of drug-likeness (QED) is 0.622. The summed E-state index contributed by atoms with van der Waals surface area (Å²) in [6.45, 7) is -0.0842. The maximum atomic E-state index is 11.9. The number of sulfonamides is 1. The van der Waals surface area contributed by atoms with Crippen molar-refractivity contribution in [1.29, 1.82) is 0 Å². The number of alkyl halides is 3. The molecule has 0 aromatic heterocycles. The Kier molecular flexibility index (Phi) is 5.67. The van der Waals surface area contributed by atoms with Gasteiger partial charge >= 0.3 is 6.18 Å². The van der Waals surface area contributed by atoms with Gasteiger partial charge < -0.3 is 5.73 Å². The maximum absolute atomic E-state index is 11.9. The van der Waals surface area contributed by atoms with E-state index in [0.717, 1.165) is 0 Å². The summed E-state index contributed by atoms with van der Waals surface area (Å²) in [6, 6.07) is 3.92. The Bertz CT molecular complexity index is 561. The molecule has 0 saturated carbocycles. The Morgan fingerprint density at radius 1 is 1.25 bits per heavy atom. The second kappa shape index (κ2) is 6.64. The zero-order valence-corrected chi connectivity index (χ0v) is 11.9. The van der Waals surface area contributed by atoms with E-state index in [0.29, 0.717) is 5.69 Å². The van der Waals surface area contributed by atoms with Crippen LogP contribution in [0.5, 0.6) is 0 Å². The first-order chi connectivity index (χ1) is 9.12. The number of unbranched alkanes of at least 4 members (excludes halogenated alkanes) is 1. The van der Waals surface area contributed by atoms with Crippen LogP contribution in [0, 0.1) is 0 Å². The van der Waals surface area contributed by atoms with Crippen LogP contribution in [0.4, 0.5) is 18.9 Å². The summed E-state index contributed by atoms with van der Waals surface area (Å²) >= 11 is 5.77. The highest BCUT2D eigenvalue weighted by Gasteiger charge is 2.26. The van der Waals surface area contributed by atoms with E-state index in [1.54, 1.807) is 0 Å². The first-order valence-corrected chi connectivity index (χ1v) is 7.59. The first kappa shape index (κ1) is 17.1. The van der Waals surface area contributed by atoms with Crippen LogP contribution in [0.25, 0.3) is 0 Å². The molecule has 3 N–H and O–H groups in total. The second-order valence-electron chi connectivity index (χ2n) is 4.16. The minimum absolute atomic E-state index is 0.0345. The lowest BCUT2D eigenvalue weighted by atomic mass is 10.2. The number of nitrogen functional groups attached to an aromatic ring is 1. The summed E-state index contributed by atoms with van der Waals surface area (Å²) in [4.78, 5) is -0.149. The van der Waals surface area contributed by atoms with Crippen LogP contribution in [0.3, 0.4) is 0 Å². The van der Waals surface area contributed by atoms with E-state index < -0.39 is 22.6 Å². The fraction of sp³-hybridized carbons (Fsp3) is 0.455. The molecule has 0 atom stereocenters. The Hall–Kier alpha value is -0.990. The fourth-order valence-corrected chi connectivity index (χ4v) is 3.09. The van der Waals surface area contributed by atoms with Gasteiger partial charge in [-0.15, -0.1) is 0 Å². The number of halogens is 4. The number of benzene rings is 1. The highest BCUT2D eigenvalue weighted by atomic mass is 35.5. The molecule has 0 aliphatic rings. The summed E-state index contributed by atoms with van der Waals surface area (Å²) in [5.74, 6) is 0. The summed E-state index contributed by atoms with van der Waals surface area (Å²) in [5, 5.41) is -0.0345. The van der Waals surface area contributed by atoms with Gasteiger partial charge in [-0.25, -0.2) is 13.1 Å². The van der Waals surface area contributed by atoms with Crippen LogP contribution < -0.4 is 10.5 Å². The van der Waals surface area contributed by atoms with Crippen molar-refractivity contribution >= 4 is 27.3 Å². The molecule has 0 saturated heterocycles. The molecule has 0 aliphatic heterocycles. The third kappa shape index (κ3) is 5.56. The van der Waals surface area contributed by atoms with Crippen LogP contribution in [-0.2, 0) is 10.0 Å². The monoisotopic (exact) mass is 330 g/mol. The van der Waals surface area contributed by atoms with Gasteiger partial charge in [-0.3, -0.25) is 0 Å². The van der Waals surface area contributed by atoms with Crippen molar-refractivity contribution in [3.63, 3.8) is 0 Å². The summed E-state index contributed by atoms with van der Waals surface area (Å²) in [6.07, 6.45) is -5.21. The third-order valence-corrected chi connectivity index (χ3v) is 4.37. The predicted molar refractivity (Wildman–Crippen MR) is 71.0 cm³/mol. The molecular formula is C11H14ClF3N2O2S. The molecule has 1 aromatic carbocycles. The Balaban J connectivity index is 2.54. The van der Waals surface area contributed by atoms with Gasteiger partial charge in [-0.05, 0) is 31.0 Å². The summed E-state index contributed by atoms with van der Waals surface area (Å²) in [7, 11) is -3.84. The molecule has 0 fully saturated rings. The van der Waals surface area contributed by atoms with E-state index in [1.165, 1.54) is 18.2 Å². The molecule has 0 radical (unpaired) electrons. The van der Waals surface area contributed by atoms with E-state index in [1.807, 2.05) is 0 Å². The average molecular weight is 331 g/mol. The Morgan fingerprint density at radius 2 is 1.90 bits per heavy atom. The maximum Gasteiger partial charge on any atom is 0.389 e. The summed E-state index contributed by atoms with van der Waals surface area (Å²) in [5.41, 5.74) is 5.76. The van der Waals surface area contributed by atoms with Gasteiger partial charge in [0.1, 0.15) is 4.90 Å². The molecular weight excluding hydrogens is 317 g/mol. The van der Waals surface area contributed by atoms with Crippen molar-refractivity contribution in [1.82, 2.24) is 4.72 Å². The topological polar surface area (TPSA) is 72.2 Å². The van der Waals surface area contributed by atoms with Crippen molar-refractivity contribution in [2.75, 3.05) is 12.3 Å². The lowest BCUT2D eigenvalue weighted by Gasteiger charge is -2.09. The molecule has 0 aliphatic carbocycles. The van der Waals surface area contributed by atoms with Gasteiger partial charge in [0.15, 0.2) is 0 Å². The van der Waals surface area contributed by atoms with E-state index in [2.05, 4.69) is 4.72 Å². The number of nitrogens with two attached hydrogens (primary N) is 1. The first-order valence-electron chi connectivity index (χ1n) is 5.73. The highest BCUT2D eigenvalue weighted by Crippen LogP contribution is 2.24. The normalized spacial score (nSPS) is 12.6. The average Bonchev–Trinajstić information content (AvgIpc) is 2.26. The lowest BCUT2D eigenvalue weighted by Crippen LogP contribution is -2.25. The SMILES string of the molecule is Nc1ccc(S(=O)(=O)NCCCCC(F)(F)F)c(Cl)c1. The minimum Gasteiger partial charge on any atom is -0.399 e. The number of anilines is 1. The van der Waals surface area contributed by atoms with Crippen LogP contribution in [0.2, 0.25) is 5.02 Å². The van der Waals surface area contributed by atoms with Crippen molar-refractivity contribution in [3.8, 4) is 0 Å². The van der Waals surface area contributed by atoms with Crippen molar-refractivity contribution in [2.45, 2.75) is 30.3 Å². The van der Waals surface area contributed by atoms with Crippen molar-refractivity contribution in [2.24, 2.45) is 0 Å². The zero-order chi connectivity index (χ0) is 15.4. The second-order valence-corrected chi connectivity index (χ2v) is 6.30. The Morgan fingerprint density at radius 3 is 2.45 bits per heavy atom.